The van der Waals surface area contributed by atoms with Crippen molar-refractivity contribution in [3.05, 3.63) is 74.2 Å². The van der Waals surface area contributed by atoms with Gasteiger partial charge in [-0.25, -0.2) is 4.79 Å². The lowest BCUT2D eigenvalue weighted by Crippen LogP contribution is -2.41. The van der Waals surface area contributed by atoms with E-state index in [1.165, 1.54) is 4.57 Å². The molecule has 3 atom stereocenters. The minimum Gasteiger partial charge on any atom is -0.497 e. The zero-order valence-electron chi connectivity index (χ0n) is 22.3. The number of methoxy groups -OCH3 is 1. The fourth-order valence-electron chi connectivity index (χ4n) is 5.04. The Bertz CT molecular complexity index is 1570. The third-order valence-corrected chi connectivity index (χ3v) is 9.68. The number of aromatic nitrogens is 1. The molecular weight excluding hydrogens is 552 g/mol. The number of imide groups is 3. The van der Waals surface area contributed by atoms with Crippen LogP contribution in [-0.4, -0.2) is 45.6 Å². The van der Waals surface area contributed by atoms with Gasteiger partial charge in [0.2, 0.25) is 11.8 Å². The fraction of sp³-hybridized carbons (Fsp3) is 0.321. The molecule has 0 unspecified atom stereocenters. The van der Waals surface area contributed by atoms with E-state index in [0.717, 1.165) is 34.2 Å². The van der Waals surface area contributed by atoms with Gasteiger partial charge in [-0.2, -0.15) is 4.90 Å². The van der Waals surface area contributed by atoms with Crippen molar-refractivity contribution in [1.29, 1.82) is 0 Å². The molecule has 208 valence electrons. The van der Waals surface area contributed by atoms with E-state index in [4.69, 9.17) is 10.5 Å². The van der Waals surface area contributed by atoms with Crippen molar-refractivity contribution >= 4 is 52.5 Å². The summed E-state index contributed by atoms with van der Waals surface area (Å²) in [4.78, 5) is 65.5. The van der Waals surface area contributed by atoms with Crippen molar-refractivity contribution in [3.8, 4) is 5.75 Å². The number of likely N-dealkylation sites (tertiary alicyclic amines) is 1. The normalized spacial score (nSPS) is 20.2. The first-order chi connectivity index (χ1) is 18.9. The van der Waals surface area contributed by atoms with Crippen molar-refractivity contribution in [1.82, 2.24) is 9.47 Å². The van der Waals surface area contributed by atoms with Crippen LogP contribution >= 0.6 is 23.1 Å². The van der Waals surface area contributed by atoms with E-state index in [-0.39, 0.29) is 16.8 Å². The van der Waals surface area contributed by atoms with Gasteiger partial charge >= 0.3 is 10.9 Å². The summed E-state index contributed by atoms with van der Waals surface area (Å²) in [6.07, 6.45) is 0. The van der Waals surface area contributed by atoms with Crippen molar-refractivity contribution in [2.45, 2.75) is 48.9 Å². The van der Waals surface area contributed by atoms with Crippen LogP contribution in [0.15, 0.2) is 58.4 Å². The number of carbonyl (C=O) groups is 4. The van der Waals surface area contributed by atoms with Crippen molar-refractivity contribution in [2.24, 2.45) is 11.7 Å². The maximum atomic E-state index is 13.4. The quantitative estimate of drug-likeness (QED) is 0.440. The number of hydrogen-bond donors (Lipinski definition) is 2. The molecule has 0 bridgehead atoms. The van der Waals surface area contributed by atoms with Gasteiger partial charge in [-0.3, -0.25) is 23.7 Å². The molecule has 5 rings (SSSR count). The van der Waals surface area contributed by atoms with E-state index < -0.39 is 40.8 Å². The first-order valence-electron chi connectivity index (χ1n) is 12.5. The molecule has 12 heteroatoms. The van der Waals surface area contributed by atoms with Crippen molar-refractivity contribution < 1.29 is 23.9 Å². The molecule has 1 saturated heterocycles. The number of nitrogens with zero attached hydrogens (tertiary/aromatic N) is 2. The smallest absolute Gasteiger partial charge is 0.328 e. The number of carbonyl (C=O) groups excluding carboxylic acids is 4. The maximum Gasteiger partial charge on any atom is 0.328 e. The van der Waals surface area contributed by atoms with E-state index >= 15 is 0 Å². The topological polar surface area (TPSA) is 141 Å². The zero-order chi connectivity index (χ0) is 28.9. The fourth-order valence-corrected chi connectivity index (χ4v) is 7.81. The number of urea groups is 1. The Kier molecular flexibility index (Phi) is 7.09. The second-order valence-electron chi connectivity index (χ2n) is 10.7. The number of anilines is 1. The SMILES string of the molecule is COc1ccc(NC(=O)Cn2c3c(sc2=O)[C@@H](c2ccc(C(C)(C)C)cc2)[C@H]2C(=O)N(C(N)=O)C(=O)[C@H]2S3)cc1. The molecule has 3 aromatic rings. The molecule has 2 aliphatic rings. The van der Waals surface area contributed by atoms with Crippen LogP contribution in [0.1, 0.15) is 42.7 Å². The zero-order valence-corrected chi connectivity index (χ0v) is 23.9. The Morgan fingerprint density at radius 2 is 1.65 bits per heavy atom. The highest BCUT2D eigenvalue weighted by molar-refractivity contribution is 8.00. The van der Waals surface area contributed by atoms with Crippen LogP contribution in [0.4, 0.5) is 10.5 Å². The van der Waals surface area contributed by atoms with Crippen LogP contribution in [0.2, 0.25) is 0 Å². The number of amides is 5. The van der Waals surface area contributed by atoms with E-state index in [2.05, 4.69) is 26.1 Å². The van der Waals surface area contributed by atoms with Gasteiger partial charge in [0.1, 0.15) is 17.5 Å². The molecule has 0 spiro atoms. The lowest BCUT2D eigenvalue weighted by molar-refractivity contribution is -0.135. The molecule has 1 aromatic heterocycles. The van der Waals surface area contributed by atoms with Crippen LogP contribution in [0.5, 0.6) is 5.75 Å². The lowest BCUT2D eigenvalue weighted by atomic mass is 9.81. The number of fused-ring (bicyclic) bond motifs is 2. The summed E-state index contributed by atoms with van der Waals surface area (Å²) in [5.74, 6) is -2.79. The Morgan fingerprint density at radius 3 is 2.23 bits per heavy atom. The third-order valence-electron chi connectivity index (χ3n) is 7.08. The van der Waals surface area contributed by atoms with Crippen LogP contribution < -0.4 is 20.7 Å². The average molecular weight is 581 g/mol. The predicted molar refractivity (Wildman–Crippen MR) is 152 cm³/mol. The Labute approximate surface area is 238 Å². The van der Waals surface area contributed by atoms with Crippen LogP contribution in [-0.2, 0) is 26.3 Å². The van der Waals surface area contributed by atoms with Gasteiger partial charge in [0, 0.05) is 16.5 Å². The molecule has 0 radical (unpaired) electrons. The Hall–Kier alpha value is -3.90. The summed E-state index contributed by atoms with van der Waals surface area (Å²) < 4.78 is 6.46. The minimum atomic E-state index is -1.13. The van der Waals surface area contributed by atoms with Gasteiger partial charge in [0.05, 0.1) is 18.1 Å². The standard InChI is InChI=1S/C28H28N4O6S2/c1-28(2,3)15-7-5-14(6-8-15)19-20-21(24(35)32(23(20)34)26(29)36)39-25-22(19)40-27(37)31(25)13-18(33)30-16-9-11-17(38-4)12-10-16/h5-12,19-21H,13H2,1-4H3,(H2,29,36)(H,30,33)/t19-,20+,21-/m0/s1. The highest BCUT2D eigenvalue weighted by Gasteiger charge is 2.57. The van der Waals surface area contributed by atoms with Gasteiger partial charge < -0.3 is 15.8 Å². The molecule has 10 nitrogen and oxygen atoms in total. The number of thiazole rings is 1. The van der Waals surface area contributed by atoms with Crippen LogP contribution in [0, 0.1) is 5.92 Å². The van der Waals surface area contributed by atoms with Gasteiger partial charge in [0.15, 0.2) is 0 Å². The van der Waals surface area contributed by atoms with Crippen LogP contribution in [0.25, 0.3) is 0 Å². The molecule has 40 heavy (non-hydrogen) atoms. The molecule has 2 aliphatic heterocycles. The highest BCUT2D eigenvalue weighted by Crippen LogP contribution is 2.53. The lowest BCUT2D eigenvalue weighted by Gasteiger charge is -2.31. The number of benzene rings is 2. The number of thioether (sulfide) groups is 1. The molecule has 0 aliphatic carbocycles. The second-order valence-corrected chi connectivity index (χ2v) is 12.8. The van der Waals surface area contributed by atoms with Gasteiger partial charge in [-0.05, 0) is 40.8 Å². The van der Waals surface area contributed by atoms with E-state index in [1.807, 2.05) is 24.3 Å². The number of primary amides is 1. The van der Waals surface area contributed by atoms with Crippen molar-refractivity contribution in [3.63, 3.8) is 0 Å². The minimum absolute atomic E-state index is 0.109. The number of nitrogens with one attached hydrogen (secondary N) is 1. The first-order valence-corrected chi connectivity index (χ1v) is 14.2. The van der Waals surface area contributed by atoms with Gasteiger partial charge in [-0.15, -0.1) is 0 Å². The number of rotatable bonds is 5. The summed E-state index contributed by atoms with van der Waals surface area (Å²) in [6.45, 7) is 5.96. The van der Waals surface area contributed by atoms with Gasteiger partial charge in [0.25, 0.3) is 5.91 Å². The summed E-state index contributed by atoms with van der Waals surface area (Å²) in [6, 6.07) is 13.3. The van der Waals surface area contributed by atoms with E-state index in [0.29, 0.717) is 26.2 Å². The molecule has 3 N–H and O–H groups in total. The molecule has 1 fully saturated rings. The summed E-state index contributed by atoms with van der Waals surface area (Å²) in [7, 11) is 1.54. The molecular formula is C28H28N4O6S2. The largest absolute Gasteiger partial charge is 0.497 e. The summed E-state index contributed by atoms with van der Waals surface area (Å²) in [5.41, 5.74) is 7.62. The monoisotopic (exact) mass is 580 g/mol. The van der Waals surface area contributed by atoms with E-state index in [9.17, 15) is 24.0 Å². The molecule has 0 saturated carbocycles. The van der Waals surface area contributed by atoms with Crippen LogP contribution in [0.3, 0.4) is 0 Å². The number of ether oxygens (including phenoxy) is 1. The third kappa shape index (κ3) is 4.81. The first kappa shape index (κ1) is 27.7. The number of nitrogens with two attached hydrogens (primary N) is 1. The molecule has 5 amide bonds. The summed E-state index contributed by atoms with van der Waals surface area (Å²) in [5, 5.41) is 2.22. The molecule has 2 aromatic carbocycles. The predicted octanol–water partition coefficient (Wildman–Crippen LogP) is 3.52. The second kappa shape index (κ2) is 10.3. The van der Waals surface area contributed by atoms with Gasteiger partial charge in [-0.1, -0.05) is 68.1 Å². The number of hydrogen-bond acceptors (Lipinski definition) is 8. The molecule has 3 heterocycles. The summed E-state index contributed by atoms with van der Waals surface area (Å²) >= 11 is 1.96. The Balaban J connectivity index is 1.54. The highest BCUT2D eigenvalue weighted by atomic mass is 32.2. The van der Waals surface area contributed by atoms with E-state index in [1.54, 1.807) is 31.4 Å². The Morgan fingerprint density at radius 1 is 1.00 bits per heavy atom. The van der Waals surface area contributed by atoms with Crippen molar-refractivity contribution in [2.75, 3.05) is 12.4 Å². The average Bonchev–Trinajstić information content (AvgIpc) is 3.34. The maximum absolute atomic E-state index is 13.4.